The lowest BCUT2D eigenvalue weighted by molar-refractivity contribution is 0.200. The van der Waals surface area contributed by atoms with Crippen LogP contribution in [0, 0.1) is 0 Å². The molecule has 1 aromatic carbocycles. The van der Waals surface area contributed by atoms with Crippen molar-refractivity contribution in [3.63, 3.8) is 0 Å². The molecule has 22 heavy (non-hydrogen) atoms. The normalized spacial score (nSPS) is 12.2. The molecular weight excluding hydrogens is 278 g/mol. The molecule has 0 saturated carbocycles. The number of likely N-dealkylation sites (N-methyl/N-ethyl adjacent to an activating group) is 1. The van der Waals surface area contributed by atoms with Crippen molar-refractivity contribution in [3.8, 4) is 0 Å². The lowest BCUT2D eigenvalue weighted by Crippen LogP contribution is -2.41. The third-order valence-electron chi connectivity index (χ3n) is 3.60. The molecule has 0 spiro atoms. The van der Waals surface area contributed by atoms with Crippen LogP contribution in [-0.4, -0.2) is 43.5 Å². The first-order chi connectivity index (χ1) is 10.6. The fourth-order valence-corrected chi connectivity index (χ4v) is 2.32. The lowest BCUT2D eigenvalue weighted by Gasteiger charge is -2.26. The number of nitrogens with one attached hydrogen (secondary N) is 1. The highest BCUT2D eigenvalue weighted by Gasteiger charge is 2.16. The predicted molar refractivity (Wildman–Crippen MR) is 86.4 cm³/mol. The van der Waals surface area contributed by atoms with Crippen LogP contribution < -0.4 is 5.32 Å². The Kier molecular flexibility index (Phi) is 5.61. The molecule has 2 aromatic rings. The van der Waals surface area contributed by atoms with E-state index < -0.39 is 0 Å². The third kappa shape index (κ3) is 4.36. The molecule has 118 valence electrons. The highest BCUT2D eigenvalue weighted by molar-refractivity contribution is 5.73. The largest absolute Gasteiger partial charge is 0.472 e. The Hall–Kier alpha value is -2.27. The Balaban J connectivity index is 1.90. The quantitative estimate of drug-likeness (QED) is 0.892. The molecule has 0 aliphatic heterocycles. The third-order valence-corrected chi connectivity index (χ3v) is 3.60. The second-order valence-electron chi connectivity index (χ2n) is 5.56. The first-order valence-corrected chi connectivity index (χ1v) is 7.29. The average Bonchev–Trinajstić information content (AvgIpc) is 3.01. The van der Waals surface area contributed by atoms with Crippen molar-refractivity contribution >= 4 is 6.03 Å². The van der Waals surface area contributed by atoms with Gasteiger partial charge in [0, 0.05) is 19.2 Å². The number of hydrogen-bond donors (Lipinski definition) is 1. The van der Waals surface area contributed by atoms with Crippen LogP contribution in [0.1, 0.15) is 17.2 Å². The number of carbonyl (C=O) groups excluding carboxylic acids is 1. The minimum atomic E-state index is -0.0935. The minimum Gasteiger partial charge on any atom is -0.472 e. The summed E-state index contributed by atoms with van der Waals surface area (Å²) in [5.74, 6) is 0. The SMILES string of the molecule is CN(Cc1ccoc1)C(=O)NCC(c1ccccc1)N(C)C. The summed E-state index contributed by atoms with van der Waals surface area (Å²) in [5.41, 5.74) is 2.16. The van der Waals surface area contributed by atoms with Crippen molar-refractivity contribution in [1.82, 2.24) is 15.1 Å². The molecule has 5 heteroatoms. The summed E-state index contributed by atoms with van der Waals surface area (Å²) in [6, 6.07) is 12.1. The highest BCUT2D eigenvalue weighted by Crippen LogP contribution is 2.16. The Morgan fingerprint density at radius 3 is 2.50 bits per heavy atom. The topological polar surface area (TPSA) is 48.7 Å². The maximum atomic E-state index is 12.2. The summed E-state index contributed by atoms with van der Waals surface area (Å²) in [6.07, 6.45) is 3.26. The molecule has 0 aliphatic rings. The minimum absolute atomic E-state index is 0.0935. The van der Waals surface area contributed by atoms with E-state index in [2.05, 4.69) is 22.3 Å². The van der Waals surface area contributed by atoms with E-state index in [1.807, 2.05) is 38.4 Å². The summed E-state index contributed by atoms with van der Waals surface area (Å²) >= 11 is 0. The number of hydrogen-bond acceptors (Lipinski definition) is 3. The van der Waals surface area contributed by atoms with Crippen molar-refractivity contribution in [2.75, 3.05) is 27.7 Å². The van der Waals surface area contributed by atoms with Crippen LogP contribution in [0.3, 0.4) is 0 Å². The van der Waals surface area contributed by atoms with E-state index in [9.17, 15) is 4.79 Å². The summed E-state index contributed by atoms with van der Waals surface area (Å²) in [6.45, 7) is 1.09. The monoisotopic (exact) mass is 301 g/mol. The van der Waals surface area contributed by atoms with E-state index in [4.69, 9.17) is 4.42 Å². The van der Waals surface area contributed by atoms with Crippen LogP contribution in [-0.2, 0) is 6.54 Å². The fraction of sp³-hybridized carbons (Fsp3) is 0.353. The summed E-state index contributed by atoms with van der Waals surface area (Å²) in [5, 5.41) is 2.99. The van der Waals surface area contributed by atoms with E-state index in [1.165, 1.54) is 5.56 Å². The zero-order valence-electron chi connectivity index (χ0n) is 13.3. The van der Waals surface area contributed by atoms with Gasteiger partial charge in [0.1, 0.15) is 0 Å². The molecule has 0 radical (unpaired) electrons. The number of carbonyl (C=O) groups is 1. The Morgan fingerprint density at radius 2 is 1.91 bits per heavy atom. The molecule has 1 unspecified atom stereocenters. The molecule has 1 heterocycles. The van der Waals surface area contributed by atoms with Crippen molar-refractivity contribution in [1.29, 1.82) is 0 Å². The number of benzene rings is 1. The highest BCUT2D eigenvalue weighted by atomic mass is 16.3. The van der Waals surface area contributed by atoms with Crippen LogP contribution in [0.25, 0.3) is 0 Å². The van der Waals surface area contributed by atoms with Gasteiger partial charge >= 0.3 is 6.03 Å². The molecular formula is C17H23N3O2. The summed E-state index contributed by atoms with van der Waals surface area (Å²) in [7, 11) is 5.80. The molecule has 1 aromatic heterocycles. The van der Waals surface area contributed by atoms with Gasteiger partial charge in [0.15, 0.2) is 0 Å². The van der Waals surface area contributed by atoms with E-state index in [1.54, 1.807) is 24.5 Å². The maximum Gasteiger partial charge on any atom is 0.317 e. The van der Waals surface area contributed by atoms with Gasteiger partial charge in [-0.25, -0.2) is 4.79 Å². The van der Waals surface area contributed by atoms with Crippen LogP contribution >= 0.6 is 0 Å². The molecule has 1 atom stereocenters. The van der Waals surface area contributed by atoms with Crippen molar-refractivity contribution in [2.45, 2.75) is 12.6 Å². The second kappa shape index (κ2) is 7.66. The molecule has 0 aliphatic carbocycles. The molecule has 5 nitrogen and oxygen atoms in total. The van der Waals surface area contributed by atoms with Crippen LogP contribution in [0.15, 0.2) is 53.3 Å². The van der Waals surface area contributed by atoms with Gasteiger partial charge < -0.3 is 19.5 Å². The van der Waals surface area contributed by atoms with Gasteiger partial charge in [-0.05, 0) is 25.7 Å². The second-order valence-corrected chi connectivity index (χ2v) is 5.56. The summed E-state index contributed by atoms with van der Waals surface area (Å²) in [4.78, 5) is 15.9. The van der Waals surface area contributed by atoms with E-state index in [-0.39, 0.29) is 12.1 Å². The average molecular weight is 301 g/mol. The zero-order valence-corrected chi connectivity index (χ0v) is 13.3. The van der Waals surface area contributed by atoms with Gasteiger partial charge in [-0.3, -0.25) is 0 Å². The van der Waals surface area contributed by atoms with E-state index in [0.717, 1.165) is 5.56 Å². The van der Waals surface area contributed by atoms with Gasteiger partial charge in [0.25, 0.3) is 0 Å². The molecule has 0 saturated heterocycles. The predicted octanol–water partition coefficient (Wildman–Crippen LogP) is 2.72. The molecule has 0 fully saturated rings. The molecule has 0 bridgehead atoms. The van der Waals surface area contributed by atoms with Gasteiger partial charge in [-0.1, -0.05) is 30.3 Å². The maximum absolute atomic E-state index is 12.2. The van der Waals surface area contributed by atoms with Crippen LogP contribution in [0.5, 0.6) is 0 Å². The molecule has 1 N–H and O–H groups in total. The number of nitrogens with zero attached hydrogens (tertiary/aromatic N) is 2. The Morgan fingerprint density at radius 1 is 1.18 bits per heavy atom. The Bertz CT molecular complexity index is 567. The van der Waals surface area contributed by atoms with Crippen LogP contribution in [0.2, 0.25) is 0 Å². The smallest absolute Gasteiger partial charge is 0.317 e. The van der Waals surface area contributed by atoms with Gasteiger partial charge in [-0.2, -0.15) is 0 Å². The van der Waals surface area contributed by atoms with Crippen molar-refractivity contribution in [2.24, 2.45) is 0 Å². The van der Waals surface area contributed by atoms with E-state index >= 15 is 0 Å². The number of furan rings is 1. The van der Waals surface area contributed by atoms with Crippen LogP contribution in [0.4, 0.5) is 4.79 Å². The first-order valence-electron chi connectivity index (χ1n) is 7.29. The summed E-state index contributed by atoms with van der Waals surface area (Å²) < 4.78 is 5.02. The van der Waals surface area contributed by atoms with Gasteiger partial charge in [0.05, 0.1) is 25.1 Å². The van der Waals surface area contributed by atoms with Gasteiger partial charge in [0.2, 0.25) is 0 Å². The lowest BCUT2D eigenvalue weighted by atomic mass is 10.1. The molecule has 2 amide bonds. The molecule has 2 rings (SSSR count). The first kappa shape index (κ1) is 16.1. The standard InChI is InChI=1S/C17H23N3O2/c1-19(2)16(15-7-5-4-6-8-15)11-18-17(21)20(3)12-14-9-10-22-13-14/h4-10,13,16H,11-12H2,1-3H3,(H,18,21). The van der Waals surface area contributed by atoms with E-state index in [0.29, 0.717) is 13.1 Å². The fourth-order valence-electron chi connectivity index (χ4n) is 2.32. The Labute approximate surface area is 131 Å². The van der Waals surface area contributed by atoms with Gasteiger partial charge in [-0.15, -0.1) is 0 Å². The van der Waals surface area contributed by atoms with Crippen molar-refractivity contribution < 1.29 is 9.21 Å². The zero-order chi connectivity index (χ0) is 15.9. The van der Waals surface area contributed by atoms with Crippen molar-refractivity contribution in [3.05, 3.63) is 60.1 Å². The number of amides is 2. The number of rotatable bonds is 6. The number of urea groups is 1.